The zero-order valence-corrected chi connectivity index (χ0v) is 9.20. The maximum Gasteiger partial charge on any atom is 0.233 e. The van der Waals surface area contributed by atoms with Crippen molar-refractivity contribution in [3.05, 3.63) is 0 Å². The smallest absolute Gasteiger partial charge is 0.233 e. The van der Waals surface area contributed by atoms with Crippen LogP contribution in [0, 0.1) is 11.3 Å². The van der Waals surface area contributed by atoms with E-state index in [1.807, 2.05) is 6.07 Å². The molecule has 0 aromatic rings. The third-order valence-corrected chi connectivity index (χ3v) is 2.10. The molecule has 0 aromatic carbocycles. The molecule has 2 N–H and O–H groups in total. The maximum absolute atomic E-state index is 11.2. The lowest BCUT2D eigenvalue weighted by Crippen LogP contribution is -2.41. The molecule has 1 aliphatic heterocycles. The Morgan fingerprint density at radius 2 is 2.38 bits per heavy atom. The zero-order valence-electron chi connectivity index (χ0n) is 9.20. The number of rotatable bonds is 6. The monoisotopic (exact) mass is 227 g/mol. The summed E-state index contributed by atoms with van der Waals surface area (Å²) < 4.78 is 10.6. The Bertz CT molecular complexity index is 246. The highest BCUT2D eigenvalue weighted by Crippen LogP contribution is 1.98. The number of carbonyl (C=O) groups is 1. The highest BCUT2D eigenvalue weighted by Gasteiger charge is 2.13. The van der Waals surface area contributed by atoms with Crippen molar-refractivity contribution in [3.63, 3.8) is 0 Å². The Hall–Kier alpha value is -1.16. The van der Waals surface area contributed by atoms with Gasteiger partial charge in [-0.25, -0.2) is 0 Å². The van der Waals surface area contributed by atoms with E-state index in [0.717, 1.165) is 0 Å². The van der Waals surface area contributed by atoms with Gasteiger partial charge in [0, 0.05) is 13.1 Å². The van der Waals surface area contributed by atoms with Crippen LogP contribution in [0.5, 0.6) is 0 Å². The largest absolute Gasteiger partial charge is 0.376 e. The van der Waals surface area contributed by atoms with Crippen LogP contribution in [0.15, 0.2) is 0 Å². The van der Waals surface area contributed by atoms with Gasteiger partial charge in [0.05, 0.1) is 45.0 Å². The van der Waals surface area contributed by atoms with Crippen LogP contribution in [0.4, 0.5) is 0 Å². The fraction of sp³-hybridized carbons (Fsp3) is 0.800. The zero-order chi connectivity index (χ0) is 11.6. The molecule has 1 amide bonds. The van der Waals surface area contributed by atoms with E-state index in [1.165, 1.54) is 0 Å². The molecular formula is C10H17N3O3. The van der Waals surface area contributed by atoms with Crippen LogP contribution in [-0.4, -0.2) is 51.5 Å². The van der Waals surface area contributed by atoms with E-state index in [2.05, 4.69) is 10.6 Å². The Morgan fingerprint density at radius 3 is 3.06 bits per heavy atom. The number of nitrogens with zero attached hydrogens (tertiary/aromatic N) is 1. The van der Waals surface area contributed by atoms with Gasteiger partial charge in [-0.1, -0.05) is 0 Å². The summed E-state index contributed by atoms with van der Waals surface area (Å²) in [5.41, 5.74) is 0. The van der Waals surface area contributed by atoms with Crippen molar-refractivity contribution < 1.29 is 14.3 Å². The third-order valence-electron chi connectivity index (χ3n) is 2.10. The Morgan fingerprint density at radius 1 is 1.50 bits per heavy atom. The summed E-state index contributed by atoms with van der Waals surface area (Å²) in [4.78, 5) is 11.2. The second kappa shape index (κ2) is 8.05. The second-order valence-corrected chi connectivity index (χ2v) is 3.46. The minimum atomic E-state index is -0.105. The summed E-state index contributed by atoms with van der Waals surface area (Å²) in [6, 6.07) is 1.96. The van der Waals surface area contributed by atoms with E-state index in [0.29, 0.717) is 39.3 Å². The number of ether oxygens (including phenoxy) is 2. The molecule has 0 bridgehead atoms. The second-order valence-electron chi connectivity index (χ2n) is 3.46. The van der Waals surface area contributed by atoms with Crippen molar-refractivity contribution in [2.45, 2.75) is 12.5 Å². The molecule has 90 valence electrons. The van der Waals surface area contributed by atoms with Gasteiger partial charge in [-0.2, -0.15) is 5.26 Å². The van der Waals surface area contributed by atoms with Gasteiger partial charge in [0.1, 0.15) is 0 Å². The van der Waals surface area contributed by atoms with E-state index in [9.17, 15) is 4.79 Å². The van der Waals surface area contributed by atoms with Crippen molar-refractivity contribution in [2.75, 3.05) is 39.5 Å². The summed E-state index contributed by atoms with van der Waals surface area (Å²) in [7, 11) is 0. The molecule has 0 aliphatic carbocycles. The molecule has 0 aromatic heterocycles. The summed E-state index contributed by atoms with van der Waals surface area (Å²) in [6.07, 6.45) is 0.367. The average molecular weight is 227 g/mol. The molecule has 1 rings (SSSR count). The van der Waals surface area contributed by atoms with Gasteiger partial charge in [0.2, 0.25) is 5.91 Å². The predicted octanol–water partition coefficient (Wildman–Crippen LogP) is -0.979. The number of hydrogen-bond donors (Lipinski definition) is 2. The number of nitrogens with one attached hydrogen (secondary N) is 2. The highest BCUT2D eigenvalue weighted by atomic mass is 16.6. The predicted molar refractivity (Wildman–Crippen MR) is 56.7 cm³/mol. The van der Waals surface area contributed by atoms with Gasteiger partial charge in [-0.15, -0.1) is 0 Å². The molecule has 0 saturated carbocycles. The topological polar surface area (TPSA) is 83.4 Å². The standard InChI is InChI=1S/C10H17N3O3/c11-2-1-3-13-10(14)7-12-6-9-8-15-4-5-16-9/h9,12H,1,3-8H2,(H,13,14). The first-order valence-corrected chi connectivity index (χ1v) is 5.36. The minimum Gasteiger partial charge on any atom is -0.376 e. The van der Waals surface area contributed by atoms with Crippen molar-refractivity contribution in [1.82, 2.24) is 10.6 Å². The normalized spacial score (nSPS) is 20.1. The molecule has 1 atom stereocenters. The lowest BCUT2D eigenvalue weighted by Gasteiger charge is -2.22. The first-order valence-electron chi connectivity index (χ1n) is 5.36. The third kappa shape index (κ3) is 5.66. The van der Waals surface area contributed by atoms with E-state index in [4.69, 9.17) is 14.7 Å². The number of carbonyl (C=O) groups excluding carboxylic acids is 1. The van der Waals surface area contributed by atoms with Crippen LogP contribution in [0.3, 0.4) is 0 Å². The molecule has 1 heterocycles. The van der Waals surface area contributed by atoms with Gasteiger partial charge < -0.3 is 20.1 Å². The molecule has 0 radical (unpaired) electrons. The van der Waals surface area contributed by atoms with Crippen LogP contribution in [0.25, 0.3) is 0 Å². The first-order chi connectivity index (χ1) is 7.83. The Balaban J connectivity index is 1.97. The molecule has 0 spiro atoms. The van der Waals surface area contributed by atoms with Crippen LogP contribution in [0.2, 0.25) is 0 Å². The first kappa shape index (κ1) is 12.9. The van der Waals surface area contributed by atoms with Crippen molar-refractivity contribution >= 4 is 5.91 Å². The number of nitriles is 1. The Labute approximate surface area is 94.9 Å². The van der Waals surface area contributed by atoms with E-state index >= 15 is 0 Å². The minimum absolute atomic E-state index is 0.0284. The van der Waals surface area contributed by atoms with Crippen molar-refractivity contribution in [1.29, 1.82) is 5.26 Å². The van der Waals surface area contributed by atoms with Crippen molar-refractivity contribution in [3.8, 4) is 6.07 Å². The summed E-state index contributed by atoms with van der Waals surface area (Å²) in [5, 5.41) is 13.9. The lowest BCUT2D eigenvalue weighted by atomic mass is 10.3. The molecule has 16 heavy (non-hydrogen) atoms. The van der Waals surface area contributed by atoms with Crippen LogP contribution >= 0.6 is 0 Å². The quantitative estimate of drug-likeness (QED) is 0.570. The lowest BCUT2D eigenvalue weighted by molar-refractivity contribution is -0.120. The molecule has 1 fully saturated rings. The summed E-state index contributed by atoms with van der Waals surface area (Å²) >= 11 is 0. The molecule has 1 aliphatic rings. The van der Waals surface area contributed by atoms with Crippen LogP contribution < -0.4 is 10.6 Å². The average Bonchev–Trinajstić information content (AvgIpc) is 2.31. The van der Waals surface area contributed by atoms with Gasteiger partial charge in [0.15, 0.2) is 0 Å². The fourth-order valence-electron chi connectivity index (χ4n) is 1.32. The fourth-order valence-corrected chi connectivity index (χ4v) is 1.32. The van der Waals surface area contributed by atoms with Crippen molar-refractivity contribution in [2.24, 2.45) is 0 Å². The summed E-state index contributed by atoms with van der Waals surface area (Å²) in [5.74, 6) is -0.105. The molecule has 1 unspecified atom stereocenters. The van der Waals surface area contributed by atoms with Gasteiger partial charge in [-0.05, 0) is 0 Å². The van der Waals surface area contributed by atoms with Gasteiger partial charge >= 0.3 is 0 Å². The molecule has 1 saturated heterocycles. The number of amides is 1. The van der Waals surface area contributed by atoms with Gasteiger partial charge in [0.25, 0.3) is 0 Å². The van der Waals surface area contributed by atoms with Crippen LogP contribution in [-0.2, 0) is 14.3 Å². The van der Waals surface area contributed by atoms with E-state index in [1.54, 1.807) is 0 Å². The highest BCUT2D eigenvalue weighted by molar-refractivity contribution is 5.77. The van der Waals surface area contributed by atoms with Crippen LogP contribution in [0.1, 0.15) is 6.42 Å². The van der Waals surface area contributed by atoms with E-state index in [-0.39, 0.29) is 18.6 Å². The van der Waals surface area contributed by atoms with Gasteiger partial charge in [-0.3, -0.25) is 4.79 Å². The molecular weight excluding hydrogens is 210 g/mol. The van der Waals surface area contributed by atoms with E-state index < -0.39 is 0 Å². The number of hydrogen-bond acceptors (Lipinski definition) is 5. The summed E-state index contributed by atoms with van der Waals surface area (Å²) in [6.45, 7) is 3.08. The molecule has 6 nitrogen and oxygen atoms in total. The Kier molecular flexibility index (Phi) is 6.49. The molecule has 6 heteroatoms. The SMILES string of the molecule is N#CCCNC(=O)CNCC1COCCO1. The maximum atomic E-state index is 11.2.